The average Bonchev–Trinajstić information content (AvgIpc) is 3.00. The van der Waals surface area contributed by atoms with E-state index < -0.39 is 0 Å². The van der Waals surface area contributed by atoms with Crippen molar-refractivity contribution in [3.8, 4) is 0 Å². The number of ketones is 1. The number of hydrogen-bond donors (Lipinski definition) is 1. The van der Waals surface area contributed by atoms with Crippen molar-refractivity contribution in [3.05, 3.63) is 41.7 Å². The fraction of sp³-hybridized carbons (Fsp3) is 0.375. The summed E-state index contributed by atoms with van der Waals surface area (Å²) in [7, 11) is 0. The van der Waals surface area contributed by atoms with Crippen LogP contribution in [0.3, 0.4) is 0 Å². The van der Waals surface area contributed by atoms with Crippen LogP contribution in [0.15, 0.2) is 35.7 Å². The van der Waals surface area contributed by atoms with E-state index in [0.717, 1.165) is 10.7 Å². The summed E-state index contributed by atoms with van der Waals surface area (Å²) >= 11 is 1.39. The van der Waals surface area contributed by atoms with Gasteiger partial charge in [0.2, 0.25) is 5.91 Å². The predicted molar refractivity (Wildman–Crippen MR) is 89.4 cm³/mol. The van der Waals surface area contributed by atoms with Gasteiger partial charge in [0, 0.05) is 25.1 Å². The molecule has 0 bridgehead atoms. The lowest BCUT2D eigenvalue weighted by Crippen LogP contribution is -2.18. The lowest BCUT2D eigenvalue weighted by molar-refractivity contribution is -0.119. The molecule has 0 radical (unpaired) electrons. The van der Waals surface area contributed by atoms with Gasteiger partial charge in [0.25, 0.3) is 0 Å². The van der Waals surface area contributed by atoms with Crippen LogP contribution in [0.2, 0.25) is 0 Å². The first kappa shape index (κ1) is 17.2. The third kappa shape index (κ3) is 4.92. The minimum absolute atomic E-state index is 0.0411. The second-order valence-electron chi connectivity index (χ2n) is 5.43. The summed E-state index contributed by atoms with van der Waals surface area (Å²) in [5, 5.41) is 11.4. The Bertz CT molecular complexity index is 680. The molecular weight excluding hydrogens is 312 g/mol. The van der Waals surface area contributed by atoms with Crippen molar-refractivity contribution in [2.75, 3.05) is 5.75 Å². The standard InChI is InChI=1S/C16H20N4O2S/c1-11(2)20-10-18-19-16(20)23-9-15(22)14-6-4-13(5-7-14)8-17-12(3)21/h4-7,10-11H,8-9H2,1-3H3,(H,17,21). The van der Waals surface area contributed by atoms with Crippen molar-refractivity contribution in [2.45, 2.75) is 38.5 Å². The molecule has 0 saturated carbocycles. The van der Waals surface area contributed by atoms with Crippen LogP contribution in [0.5, 0.6) is 0 Å². The first-order valence-corrected chi connectivity index (χ1v) is 8.35. The van der Waals surface area contributed by atoms with Crippen LogP contribution in [-0.2, 0) is 11.3 Å². The minimum Gasteiger partial charge on any atom is -0.352 e. The Morgan fingerprint density at radius 2 is 1.96 bits per heavy atom. The molecule has 6 nitrogen and oxygen atoms in total. The molecule has 2 rings (SSSR count). The summed E-state index contributed by atoms with van der Waals surface area (Å²) in [6.07, 6.45) is 1.67. The lowest BCUT2D eigenvalue weighted by atomic mass is 10.1. The summed E-state index contributed by atoms with van der Waals surface area (Å²) in [6.45, 7) is 6.03. The number of aromatic nitrogens is 3. The summed E-state index contributed by atoms with van der Waals surface area (Å²) in [6, 6.07) is 7.53. The van der Waals surface area contributed by atoms with E-state index in [0.29, 0.717) is 17.9 Å². The molecule has 1 aromatic carbocycles. The SMILES string of the molecule is CC(=O)NCc1ccc(C(=O)CSc2nncn2C(C)C)cc1. The predicted octanol–water partition coefficient (Wildman–Crippen LogP) is 2.47. The van der Waals surface area contributed by atoms with Gasteiger partial charge in [-0.15, -0.1) is 10.2 Å². The quantitative estimate of drug-likeness (QED) is 0.622. The van der Waals surface area contributed by atoms with Crippen LogP contribution in [-0.4, -0.2) is 32.2 Å². The molecule has 1 heterocycles. The van der Waals surface area contributed by atoms with E-state index in [2.05, 4.69) is 15.5 Å². The second kappa shape index (κ2) is 7.92. The van der Waals surface area contributed by atoms with Gasteiger partial charge < -0.3 is 9.88 Å². The van der Waals surface area contributed by atoms with Gasteiger partial charge in [0.05, 0.1) is 5.75 Å². The number of benzene rings is 1. The number of nitrogens with zero attached hydrogens (tertiary/aromatic N) is 3. The molecule has 0 saturated heterocycles. The highest BCUT2D eigenvalue weighted by Crippen LogP contribution is 2.20. The van der Waals surface area contributed by atoms with E-state index in [9.17, 15) is 9.59 Å². The Kier molecular flexibility index (Phi) is 5.92. The van der Waals surface area contributed by atoms with Crippen molar-refractivity contribution >= 4 is 23.5 Å². The maximum Gasteiger partial charge on any atom is 0.217 e. The third-order valence-corrected chi connectivity index (χ3v) is 4.20. The Balaban J connectivity index is 1.93. The number of nitrogens with one attached hydrogen (secondary N) is 1. The minimum atomic E-state index is -0.0733. The maximum atomic E-state index is 12.3. The Hall–Kier alpha value is -2.15. The van der Waals surface area contributed by atoms with Gasteiger partial charge in [-0.3, -0.25) is 9.59 Å². The van der Waals surface area contributed by atoms with E-state index in [1.165, 1.54) is 18.7 Å². The molecule has 1 N–H and O–H groups in total. The number of hydrogen-bond acceptors (Lipinski definition) is 5. The number of amides is 1. The van der Waals surface area contributed by atoms with Crippen molar-refractivity contribution in [3.63, 3.8) is 0 Å². The van der Waals surface area contributed by atoms with Gasteiger partial charge in [0.15, 0.2) is 10.9 Å². The topological polar surface area (TPSA) is 76.9 Å². The highest BCUT2D eigenvalue weighted by Gasteiger charge is 2.12. The second-order valence-corrected chi connectivity index (χ2v) is 6.38. The summed E-state index contributed by atoms with van der Waals surface area (Å²) in [4.78, 5) is 23.1. The lowest BCUT2D eigenvalue weighted by Gasteiger charge is -2.09. The fourth-order valence-electron chi connectivity index (χ4n) is 1.94. The molecule has 0 aliphatic carbocycles. The summed E-state index contributed by atoms with van der Waals surface area (Å²) in [5.41, 5.74) is 1.61. The average molecular weight is 332 g/mol. The van der Waals surface area contributed by atoms with Gasteiger partial charge in [-0.25, -0.2) is 0 Å². The fourth-order valence-corrected chi connectivity index (χ4v) is 2.88. The van der Waals surface area contributed by atoms with Crippen LogP contribution in [0.25, 0.3) is 0 Å². The van der Waals surface area contributed by atoms with Crippen LogP contribution in [0, 0.1) is 0 Å². The Labute approximate surface area is 139 Å². The van der Waals surface area contributed by atoms with E-state index in [1.807, 2.05) is 30.5 Å². The molecule has 7 heteroatoms. The molecule has 1 amide bonds. The zero-order valence-corrected chi connectivity index (χ0v) is 14.3. The van der Waals surface area contributed by atoms with Crippen molar-refractivity contribution in [1.29, 1.82) is 0 Å². The highest BCUT2D eigenvalue weighted by molar-refractivity contribution is 7.99. The Morgan fingerprint density at radius 3 is 2.57 bits per heavy atom. The summed E-state index contributed by atoms with van der Waals surface area (Å²) in [5.74, 6) is 0.284. The first-order chi connectivity index (χ1) is 11.0. The molecule has 0 spiro atoms. The highest BCUT2D eigenvalue weighted by atomic mass is 32.2. The smallest absolute Gasteiger partial charge is 0.217 e. The number of rotatable bonds is 7. The normalized spacial score (nSPS) is 10.8. The van der Waals surface area contributed by atoms with Gasteiger partial charge in [-0.1, -0.05) is 36.0 Å². The van der Waals surface area contributed by atoms with Crippen LogP contribution in [0.1, 0.15) is 42.7 Å². The summed E-state index contributed by atoms with van der Waals surface area (Å²) < 4.78 is 1.94. The van der Waals surface area contributed by atoms with Crippen LogP contribution in [0.4, 0.5) is 0 Å². The Morgan fingerprint density at radius 1 is 1.26 bits per heavy atom. The van der Waals surface area contributed by atoms with E-state index in [4.69, 9.17) is 0 Å². The van der Waals surface area contributed by atoms with Crippen molar-refractivity contribution in [1.82, 2.24) is 20.1 Å². The largest absolute Gasteiger partial charge is 0.352 e. The monoisotopic (exact) mass is 332 g/mol. The number of thioether (sulfide) groups is 1. The van der Waals surface area contributed by atoms with Crippen LogP contribution >= 0.6 is 11.8 Å². The van der Waals surface area contributed by atoms with Gasteiger partial charge in [0.1, 0.15) is 6.33 Å². The van der Waals surface area contributed by atoms with E-state index in [1.54, 1.807) is 18.5 Å². The van der Waals surface area contributed by atoms with E-state index >= 15 is 0 Å². The molecule has 122 valence electrons. The molecule has 23 heavy (non-hydrogen) atoms. The zero-order valence-electron chi connectivity index (χ0n) is 13.4. The van der Waals surface area contributed by atoms with E-state index in [-0.39, 0.29) is 17.7 Å². The maximum absolute atomic E-state index is 12.3. The zero-order chi connectivity index (χ0) is 16.8. The number of carbonyl (C=O) groups is 2. The molecular formula is C16H20N4O2S. The van der Waals surface area contributed by atoms with Gasteiger partial charge >= 0.3 is 0 Å². The number of carbonyl (C=O) groups excluding carboxylic acids is 2. The third-order valence-electron chi connectivity index (χ3n) is 3.25. The van der Waals surface area contributed by atoms with Crippen molar-refractivity contribution in [2.24, 2.45) is 0 Å². The van der Waals surface area contributed by atoms with Crippen molar-refractivity contribution < 1.29 is 9.59 Å². The molecule has 0 unspecified atom stereocenters. The molecule has 0 atom stereocenters. The number of Topliss-reactive ketones (excluding diaryl/α,β-unsaturated/α-hetero) is 1. The van der Waals surface area contributed by atoms with Gasteiger partial charge in [-0.05, 0) is 19.4 Å². The molecule has 0 fully saturated rings. The molecule has 0 aliphatic heterocycles. The molecule has 0 aliphatic rings. The van der Waals surface area contributed by atoms with Gasteiger partial charge in [-0.2, -0.15) is 0 Å². The van der Waals surface area contributed by atoms with Crippen LogP contribution < -0.4 is 5.32 Å². The molecule has 2 aromatic rings. The first-order valence-electron chi connectivity index (χ1n) is 7.36. The molecule has 1 aromatic heterocycles.